The number of amides is 5. The van der Waals surface area contributed by atoms with Gasteiger partial charge in [0.15, 0.2) is 0 Å². The molecular weight excluding hydrogens is 757 g/mol. The molecule has 2 aromatic heterocycles. The fourth-order valence-electron chi connectivity index (χ4n) is 8.09. The number of carbonyl (C=O) groups excluding carboxylic acids is 5. The topological polar surface area (TPSA) is 180 Å². The number of rotatable bonds is 8. The van der Waals surface area contributed by atoms with Crippen LogP contribution in [0.3, 0.4) is 0 Å². The van der Waals surface area contributed by atoms with E-state index in [1.54, 1.807) is 25.4 Å². The van der Waals surface area contributed by atoms with Crippen LogP contribution in [0, 0.1) is 30.1 Å². The highest BCUT2D eigenvalue weighted by molar-refractivity contribution is 6.09. The summed E-state index contributed by atoms with van der Waals surface area (Å²) in [5, 5.41) is 18.5. The monoisotopic (exact) mass is 802 g/mol. The molecule has 0 saturated carbocycles. The number of imide groups is 1. The van der Waals surface area contributed by atoms with Crippen LogP contribution in [0.2, 0.25) is 0 Å². The molecule has 1 unspecified atom stereocenters. The first kappa shape index (κ1) is 40.9. The van der Waals surface area contributed by atoms with Crippen molar-refractivity contribution < 1.29 is 24.0 Å². The highest BCUT2D eigenvalue weighted by Crippen LogP contribution is 2.41. The average Bonchev–Trinajstić information content (AvgIpc) is 3.84. The largest absolute Gasteiger partial charge is 0.360 e. The van der Waals surface area contributed by atoms with Crippen LogP contribution < -0.4 is 20.9 Å². The lowest BCUT2D eigenvalue weighted by molar-refractivity contribution is -0.137. The van der Waals surface area contributed by atoms with Gasteiger partial charge >= 0.3 is 0 Å². The van der Waals surface area contributed by atoms with E-state index in [9.17, 15) is 29.2 Å². The van der Waals surface area contributed by atoms with Crippen LogP contribution in [0.5, 0.6) is 0 Å². The van der Waals surface area contributed by atoms with Gasteiger partial charge in [0, 0.05) is 102 Å². The van der Waals surface area contributed by atoms with Gasteiger partial charge in [-0.15, -0.1) is 0 Å². The van der Waals surface area contributed by atoms with E-state index in [1.165, 1.54) is 16.0 Å². The first-order chi connectivity index (χ1) is 29.0. The van der Waals surface area contributed by atoms with Gasteiger partial charge in [-0.1, -0.05) is 37.8 Å². The number of nitrogens with zero attached hydrogens (tertiary/aromatic N) is 4. The van der Waals surface area contributed by atoms with Crippen molar-refractivity contribution in [2.24, 2.45) is 0 Å². The molecule has 13 nitrogen and oxygen atoms in total. The van der Waals surface area contributed by atoms with Gasteiger partial charge in [0.05, 0.1) is 17.2 Å². The molecule has 13 heteroatoms. The summed E-state index contributed by atoms with van der Waals surface area (Å²) in [5.74, 6) is 5.22. The van der Waals surface area contributed by atoms with Crippen LogP contribution in [0.1, 0.15) is 99.7 Å². The number of nitriles is 1. The van der Waals surface area contributed by atoms with E-state index in [0.29, 0.717) is 49.0 Å². The van der Waals surface area contributed by atoms with Crippen molar-refractivity contribution in [1.82, 2.24) is 30.8 Å². The zero-order chi connectivity index (χ0) is 42.5. The minimum atomic E-state index is -0.629. The Hall–Kier alpha value is -7.25. The molecule has 5 aromatic rings. The van der Waals surface area contributed by atoms with Gasteiger partial charge in [-0.25, -0.2) is 0 Å². The second kappa shape index (κ2) is 17.7. The maximum absolute atomic E-state index is 12.7. The van der Waals surface area contributed by atoms with Crippen molar-refractivity contribution in [2.75, 3.05) is 25.0 Å². The molecule has 0 radical (unpaired) electrons. The molecule has 1 atom stereocenters. The summed E-state index contributed by atoms with van der Waals surface area (Å²) in [7, 11) is 1.65. The number of pyridine rings is 1. The van der Waals surface area contributed by atoms with Gasteiger partial charge in [-0.3, -0.25) is 34.3 Å². The number of anilines is 2. The Morgan fingerprint density at radius 3 is 2.62 bits per heavy atom. The minimum Gasteiger partial charge on any atom is -0.360 e. The predicted molar refractivity (Wildman–Crippen MR) is 228 cm³/mol. The molecule has 5 amide bonds. The molecule has 304 valence electrons. The van der Waals surface area contributed by atoms with Crippen molar-refractivity contribution >= 4 is 52.3 Å². The molecule has 0 bridgehead atoms. The molecular formula is C47H46N8O5. The number of aromatic nitrogens is 2. The lowest BCUT2D eigenvalue weighted by atomic mass is 9.92. The number of hydrogen-bond acceptors (Lipinski definition) is 8. The Kier molecular flexibility index (Phi) is 12.1. The zero-order valence-electron chi connectivity index (χ0n) is 34.1. The number of fused-ring (bicyclic) bond motifs is 3. The molecule has 60 heavy (non-hydrogen) atoms. The Labute approximate surface area is 348 Å². The van der Waals surface area contributed by atoms with E-state index < -0.39 is 11.9 Å². The fourth-order valence-corrected chi connectivity index (χ4v) is 8.09. The molecule has 1 saturated heterocycles. The number of piperidine rings is 1. The summed E-state index contributed by atoms with van der Waals surface area (Å²) in [6.45, 7) is 7.91. The Morgan fingerprint density at radius 1 is 1.07 bits per heavy atom. The van der Waals surface area contributed by atoms with Crippen molar-refractivity contribution in [3.63, 3.8) is 0 Å². The van der Waals surface area contributed by atoms with Crippen LogP contribution in [0.25, 0.3) is 22.0 Å². The first-order valence-electron chi connectivity index (χ1n) is 20.1. The van der Waals surface area contributed by atoms with E-state index >= 15 is 0 Å². The maximum atomic E-state index is 12.7. The second-order valence-corrected chi connectivity index (χ2v) is 15.3. The third-order valence-corrected chi connectivity index (χ3v) is 11.2. The van der Waals surface area contributed by atoms with Crippen LogP contribution in [0.4, 0.5) is 11.4 Å². The van der Waals surface area contributed by atoms with Gasteiger partial charge in [-0.2, -0.15) is 5.26 Å². The molecule has 3 aliphatic heterocycles. The molecule has 3 aromatic carbocycles. The number of benzene rings is 3. The third-order valence-electron chi connectivity index (χ3n) is 11.2. The summed E-state index contributed by atoms with van der Waals surface area (Å²) in [6.07, 6.45) is 7.29. The number of hydrogen-bond donors (Lipinski definition) is 4. The zero-order valence-corrected chi connectivity index (χ0v) is 34.1. The Morgan fingerprint density at radius 2 is 1.90 bits per heavy atom. The maximum Gasteiger partial charge on any atom is 0.255 e. The smallest absolute Gasteiger partial charge is 0.255 e. The highest BCUT2D eigenvalue weighted by Gasteiger charge is 2.39. The minimum absolute atomic E-state index is 0.106. The summed E-state index contributed by atoms with van der Waals surface area (Å²) >= 11 is 0. The summed E-state index contributed by atoms with van der Waals surface area (Å²) in [4.78, 5) is 70.3. The Bertz CT molecular complexity index is 2630. The molecule has 8 rings (SSSR count). The number of carbonyl (C=O) groups is 5. The number of aromatic amines is 1. The van der Waals surface area contributed by atoms with Crippen molar-refractivity contribution in [3.8, 4) is 29.0 Å². The second-order valence-electron chi connectivity index (χ2n) is 15.3. The summed E-state index contributed by atoms with van der Waals surface area (Å²) < 4.78 is 0. The molecule has 1 fully saturated rings. The van der Waals surface area contributed by atoms with Gasteiger partial charge in [0.2, 0.25) is 18.2 Å². The molecule has 4 N–H and O–H groups in total. The van der Waals surface area contributed by atoms with Crippen LogP contribution >= 0.6 is 0 Å². The van der Waals surface area contributed by atoms with Crippen molar-refractivity contribution in [3.05, 3.63) is 112 Å². The Balaban J connectivity index is 0.000000192. The van der Waals surface area contributed by atoms with E-state index in [1.807, 2.05) is 37.4 Å². The lowest BCUT2D eigenvalue weighted by Gasteiger charge is -2.33. The SMILES string of the molecule is CNC(=O)c1c[nH]c2c(C(C)C)cc(N3CCCc4cc(-c5ccc(C)nc5)c(C#N)cc43)cc12.O=CNCCC#Cc1cccc2c1CN(C1CCC(=O)NC1=O)C2=O. The van der Waals surface area contributed by atoms with E-state index in [2.05, 4.69) is 80.8 Å². The fraction of sp³-hybridized carbons (Fsp3) is 0.298. The van der Waals surface area contributed by atoms with E-state index in [-0.39, 0.29) is 30.1 Å². The van der Waals surface area contributed by atoms with Crippen LogP contribution in [0.15, 0.2) is 67.0 Å². The highest BCUT2D eigenvalue weighted by atomic mass is 16.2. The van der Waals surface area contributed by atoms with E-state index in [4.69, 9.17) is 0 Å². The third kappa shape index (κ3) is 8.20. The van der Waals surface area contributed by atoms with Crippen molar-refractivity contribution in [1.29, 1.82) is 5.26 Å². The normalized spacial score (nSPS) is 15.5. The van der Waals surface area contributed by atoms with Gasteiger partial charge in [0.1, 0.15) is 6.04 Å². The number of aryl methyl sites for hydroxylation is 2. The first-order valence-corrected chi connectivity index (χ1v) is 20.1. The van der Waals surface area contributed by atoms with Gasteiger partial charge < -0.3 is 25.4 Å². The number of H-pyrrole nitrogens is 1. The quantitative estimate of drug-likeness (QED) is 0.0647. The molecule has 5 heterocycles. The average molecular weight is 803 g/mol. The van der Waals surface area contributed by atoms with Gasteiger partial charge in [-0.05, 0) is 91.3 Å². The van der Waals surface area contributed by atoms with Crippen LogP contribution in [-0.2, 0) is 27.3 Å². The van der Waals surface area contributed by atoms with Crippen LogP contribution in [-0.4, -0.2) is 71.1 Å². The standard InChI is InChI=1S/C29H29N5O.C18H17N3O4/c1-17(2)23-12-22(13-25-26(29(35)31-4)16-33-28(23)25)34-9-5-6-19-10-24(21(14-30)11-27(19)34)20-8-7-18(3)32-15-20;22-11-19-9-2-1-4-12-5-3-6-13-14(12)10-21(18(13)25)15-7-8-16(23)20-17(15)24/h7-8,10-13,15-17,33H,5-6,9H2,1-4H3,(H,31,35);3,5-6,11,15H,2,7-10H2,(H,19,22)(H,20,23,24). The molecule has 3 aliphatic rings. The summed E-state index contributed by atoms with van der Waals surface area (Å²) in [6, 6.07) is 19.6. The molecule has 0 aliphatic carbocycles. The van der Waals surface area contributed by atoms with Crippen molar-refractivity contribution in [2.45, 2.75) is 71.4 Å². The molecule has 0 spiro atoms. The van der Waals surface area contributed by atoms with E-state index in [0.717, 1.165) is 69.6 Å². The predicted octanol–water partition coefficient (Wildman–Crippen LogP) is 5.91. The number of nitrogens with one attached hydrogen (secondary N) is 4. The van der Waals surface area contributed by atoms with Gasteiger partial charge in [0.25, 0.3) is 11.8 Å². The summed E-state index contributed by atoms with van der Waals surface area (Å²) in [5.41, 5.74) is 11.7. The lowest BCUT2D eigenvalue weighted by Crippen LogP contribution is -2.52.